The number of likely N-dealkylation sites (N-methyl/N-ethyl adjacent to an activating group) is 1. The van der Waals surface area contributed by atoms with Gasteiger partial charge in [0.05, 0.1) is 13.2 Å². The number of piperidine rings is 1. The number of halogens is 1. The maximum Gasteiger partial charge on any atom is 0.236 e. The van der Waals surface area contributed by atoms with Gasteiger partial charge in [0.1, 0.15) is 5.75 Å². The van der Waals surface area contributed by atoms with Gasteiger partial charge in [0.25, 0.3) is 0 Å². The average molecular weight is 477 g/mol. The molecular formula is C25H37ClN4O3. The molecule has 0 saturated carbocycles. The second-order valence-corrected chi connectivity index (χ2v) is 10.4. The van der Waals surface area contributed by atoms with E-state index in [1.807, 2.05) is 34.1 Å². The summed E-state index contributed by atoms with van der Waals surface area (Å²) in [6.45, 7) is 7.82. The molecule has 3 aliphatic rings. The summed E-state index contributed by atoms with van der Waals surface area (Å²) in [7, 11) is 2.10. The Morgan fingerprint density at radius 2 is 1.48 bits per heavy atom. The van der Waals surface area contributed by atoms with E-state index in [2.05, 4.69) is 16.8 Å². The van der Waals surface area contributed by atoms with Crippen LogP contribution in [0, 0.1) is 5.41 Å². The Labute approximate surface area is 202 Å². The highest BCUT2D eigenvalue weighted by molar-refractivity contribution is 6.30. The van der Waals surface area contributed by atoms with Crippen LogP contribution in [-0.4, -0.2) is 104 Å². The molecule has 8 heteroatoms. The fourth-order valence-corrected chi connectivity index (χ4v) is 5.22. The number of carbonyl (C=O) groups excluding carboxylic acids is 2. The van der Waals surface area contributed by atoms with E-state index in [-0.39, 0.29) is 17.2 Å². The maximum absolute atomic E-state index is 13.2. The Hall–Kier alpha value is -1.83. The number of rotatable bonds is 7. The van der Waals surface area contributed by atoms with Gasteiger partial charge in [0.2, 0.25) is 11.8 Å². The Kier molecular flexibility index (Phi) is 8.15. The van der Waals surface area contributed by atoms with Crippen molar-refractivity contribution in [1.82, 2.24) is 19.6 Å². The topological polar surface area (TPSA) is 56.3 Å². The first kappa shape index (κ1) is 24.3. The number of piperazine rings is 1. The monoisotopic (exact) mass is 476 g/mol. The van der Waals surface area contributed by atoms with Gasteiger partial charge in [-0.2, -0.15) is 0 Å². The molecule has 4 rings (SSSR count). The average Bonchev–Trinajstić information content (AvgIpc) is 3.33. The molecule has 3 heterocycles. The van der Waals surface area contributed by atoms with Crippen molar-refractivity contribution in [2.45, 2.75) is 32.1 Å². The number of ether oxygens (including phenoxy) is 1. The number of amides is 2. The van der Waals surface area contributed by atoms with Crippen molar-refractivity contribution in [3.05, 3.63) is 29.3 Å². The summed E-state index contributed by atoms with van der Waals surface area (Å²) in [5, 5.41) is 0.673. The standard InChI is InChI=1S/C25H37ClN4O3/c1-27-14-16-30(17-15-27)23(31)18-25(20-33-22-6-4-21(26)5-7-22)8-12-29(13-9-25)24(32)19-28-10-2-3-11-28/h4-7H,2-3,8-20H2,1H3. The first-order chi connectivity index (χ1) is 15.9. The van der Waals surface area contributed by atoms with E-state index in [0.29, 0.717) is 37.7 Å². The summed E-state index contributed by atoms with van der Waals surface area (Å²) in [5.41, 5.74) is -0.259. The molecule has 0 unspecified atom stereocenters. The second kappa shape index (κ2) is 11.1. The van der Waals surface area contributed by atoms with Crippen LogP contribution in [0.1, 0.15) is 32.1 Å². The summed E-state index contributed by atoms with van der Waals surface area (Å²) < 4.78 is 6.16. The number of hydrogen-bond acceptors (Lipinski definition) is 5. The molecule has 0 aromatic heterocycles. The molecular weight excluding hydrogens is 440 g/mol. The van der Waals surface area contributed by atoms with Crippen LogP contribution in [0.15, 0.2) is 24.3 Å². The molecule has 1 aromatic rings. The van der Waals surface area contributed by atoms with Crippen molar-refractivity contribution >= 4 is 23.4 Å². The third-order valence-corrected chi connectivity index (χ3v) is 7.73. The van der Waals surface area contributed by atoms with E-state index >= 15 is 0 Å². The maximum atomic E-state index is 13.2. The Morgan fingerprint density at radius 3 is 2.12 bits per heavy atom. The van der Waals surface area contributed by atoms with Gasteiger partial charge in [-0.1, -0.05) is 11.6 Å². The number of nitrogens with zero attached hydrogens (tertiary/aromatic N) is 4. The third-order valence-electron chi connectivity index (χ3n) is 7.48. The van der Waals surface area contributed by atoms with Crippen LogP contribution in [0.2, 0.25) is 5.02 Å². The predicted octanol–water partition coefficient (Wildman–Crippen LogP) is 2.59. The second-order valence-electron chi connectivity index (χ2n) is 9.97. The summed E-state index contributed by atoms with van der Waals surface area (Å²) in [4.78, 5) is 34.6. The van der Waals surface area contributed by atoms with Crippen molar-refractivity contribution in [1.29, 1.82) is 0 Å². The quantitative estimate of drug-likeness (QED) is 0.605. The van der Waals surface area contributed by atoms with E-state index in [4.69, 9.17) is 16.3 Å². The van der Waals surface area contributed by atoms with Crippen LogP contribution in [0.25, 0.3) is 0 Å². The molecule has 1 aromatic carbocycles. The zero-order valence-electron chi connectivity index (χ0n) is 19.8. The lowest BCUT2D eigenvalue weighted by atomic mass is 9.75. The van der Waals surface area contributed by atoms with Crippen molar-refractivity contribution in [2.24, 2.45) is 5.41 Å². The zero-order valence-corrected chi connectivity index (χ0v) is 20.6. The van der Waals surface area contributed by atoms with Gasteiger partial charge in [0, 0.05) is 56.1 Å². The number of likely N-dealkylation sites (tertiary alicyclic amines) is 2. The van der Waals surface area contributed by atoms with E-state index in [0.717, 1.165) is 57.9 Å². The van der Waals surface area contributed by atoms with Crippen molar-refractivity contribution in [3.63, 3.8) is 0 Å². The third kappa shape index (κ3) is 6.61. The van der Waals surface area contributed by atoms with E-state index in [1.165, 1.54) is 12.8 Å². The summed E-state index contributed by atoms with van der Waals surface area (Å²) >= 11 is 6.01. The lowest BCUT2D eigenvalue weighted by Crippen LogP contribution is -2.52. The number of benzene rings is 1. The van der Waals surface area contributed by atoms with Gasteiger partial charge < -0.3 is 19.4 Å². The SMILES string of the molecule is CN1CCN(C(=O)CC2(COc3ccc(Cl)cc3)CCN(C(=O)CN3CCCC3)CC2)CC1. The molecule has 0 aliphatic carbocycles. The molecule has 0 radical (unpaired) electrons. The van der Waals surface area contributed by atoms with Crippen molar-refractivity contribution < 1.29 is 14.3 Å². The van der Waals surface area contributed by atoms with Crippen LogP contribution in [-0.2, 0) is 9.59 Å². The molecule has 3 saturated heterocycles. The fraction of sp³-hybridized carbons (Fsp3) is 0.680. The zero-order chi connectivity index (χ0) is 23.3. The fourth-order valence-electron chi connectivity index (χ4n) is 5.09. The Morgan fingerprint density at radius 1 is 0.879 bits per heavy atom. The highest BCUT2D eigenvalue weighted by Crippen LogP contribution is 2.37. The Bertz CT molecular complexity index is 796. The molecule has 0 bridgehead atoms. The Balaban J connectivity index is 1.38. The summed E-state index contributed by atoms with van der Waals surface area (Å²) in [6, 6.07) is 7.37. The molecule has 7 nitrogen and oxygen atoms in total. The van der Waals surface area contributed by atoms with Crippen molar-refractivity contribution in [2.75, 3.05) is 72.6 Å². The molecule has 182 valence electrons. The summed E-state index contributed by atoms with van der Waals surface area (Å²) in [5.74, 6) is 1.19. The van der Waals surface area contributed by atoms with E-state index < -0.39 is 0 Å². The molecule has 0 atom stereocenters. The van der Waals surface area contributed by atoms with Gasteiger partial charge in [-0.15, -0.1) is 0 Å². The highest BCUT2D eigenvalue weighted by Gasteiger charge is 2.40. The van der Waals surface area contributed by atoms with Gasteiger partial charge in [-0.25, -0.2) is 0 Å². The number of carbonyl (C=O) groups is 2. The van der Waals surface area contributed by atoms with Crippen LogP contribution in [0.5, 0.6) is 5.75 Å². The minimum atomic E-state index is -0.259. The lowest BCUT2D eigenvalue weighted by molar-refractivity contribution is -0.139. The van der Waals surface area contributed by atoms with Crippen LogP contribution < -0.4 is 4.74 Å². The van der Waals surface area contributed by atoms with E-state index in [9.17, 15) is 9.59 Å². The van der Waals surface area contributed by atoms with Crippen LogP contribution >= 0.6 is 11.6 Å². The molecule has 0 N–H and O–H groups in total. The first-order valence-corrected chi connectivity index (χ1v) is 12.7. The smallest absolute Gasteiger partial charge is 0.236 e. The van der Waals surface area contributed by atoms with Gasteiger partial charge >= 0.3 is 0 Å². The van der Waals surface area contributed by atoms with Gasteiger partial charge in [-0.05, 0) is 70.1 Å². The molecule has 3 fully saturated rings. The van der Waals surface area contributed by atoms with Gasteiger partial charge in [0.15, 0.2) is 0 Å². The molecule has 33 heavy (non-hydrogen) atoms. The molecule has 0 spiro atoms. The first-order valence-electron chi connectivity index (χ1n) is 12.3. The minimum Gasteiger partial charge on any atom is -0.493 e. The molecule has 2 amide bonds. The highest BCUT2D eigenvalue weighted by atomic mass is 35.5. The van der Waals surface area contributed by atoms with Gasteiger partial charge in [-0.3, -0.25) is 14.5 Å². The number of hydrogen-bond donors (Lipinski definition) is 0. The predicted molar refractivity (Wildman–Crippen MR) is 130 cm³/mol. The minimum absolute atomic E-state index is 0.208. The van der Waals surface area contributed by atoms with Crippen LogP contribution in [0.4, 0.5) is 0 Å². The largest absolute Gasteiger partial charge is 0.493 e. The molecule has 3 aliphatic heterocycles. The van der Waals surface area contributed by atoms with Crippen molar-refractivity contribution in [3.8, 4) is 5.75 Å². The van der Waals surface area contributed by atoms with E-state index in [1.54, 1.807) is 0 Å². The van der Waals surface area contributed by atoms with Crippen LogP contribution in [0.3, 0.4) is 0 Å². The normalized spacial score (nSPS) is 21.9. The lowest BCUT2D eigenvalue weighted by Gasteiger charge is -2.43. The summed E-state index contributed by atoms with van der Waals surface area (Å²) in [6.07, 6.45) is 4.41.